The van der Waals surface area contributed by atoms with Gasteiger partial charge < -0.3 is 0 Å². The summed E-state index contributed by atoms with van der Waals surface area (Å²) >= 11 is 1.99. The van der Waals surface area contributed by atoms with Crippen molar-refractivity contribution >= 4 is 11.8 Å². The van der Waals surface area contributed by atoms with Gasteiger partial charge in [0, 0.05) is 11.8 Å². The molecule has 0 aromatic heterocycles. The minimum Gasteiger partial charge on any atom is -0.297 e. The van der Waals surface area contributed by atoms with E-state index in [1.165, 1.54) is 24.3 Å². The first-order valence-electron chi connectivity index (χ1n) is 3.99. The Kier molecular flexibility index (Phi) is 4.66. The van der Waals surface area contributed by atoms with E-state index >= 15 is 0 Å². The van der Waals surface area contributed by atoms with Gasteiger partial charge >= 0.3 is 0 Å². The smallest absolute Gasteiger partial charge is 0.0861 e. The molecule has 3 heteroatoms. The summed E-state index contributed by atoms with van der Waals surface area (Å²) in [6, 6.07) is 0.550. The Balaban J connectivity index is 2.00. The molecule has 0 saturated carbocycles. The quantitative estimate of drug-likeness (QED) is 0.396. The number of thioether (sulfide) groups is 1. The predicted octanol–water partition coefficient (Wildman–Crippen LogP) is 1.59. The van der Waals surface area contributed by atoms with Crippen LogP contribution in [0.3, 0.4) is 0 Å². The first kappa shape index (κ1) is 9.10. The minimum atomic E-state index is 0.550. The van der Waals surface area contributed by atoms with Crippen molar-refractivity contribution < 1.29 is 4.84 Å². The Hall–Kier alpha value is 0.0100. The topological polar surface area (TPSA) is 21.3 Å². The number of hydrogen-bond acceptors (Lipinski definition) is 3. The van der Waals surface area contributed by atoms with Crippen LogP contribution in [0.25, 0.3) is 0 Å². The van der Waals surface area contributed by atoms with Gasteiger partial charge in [-0.25, -0.2) is 0 Å². The predicted molar refractivity (Wildman–Crippen MR) is 49.6 cm³/mol. The molecule has 1 atom stereocenters. The van der Waals surface area contributed by atoms with Crippen LogP contribution in [-0.2, 0) is 4.84 Å². The number of rotatable bonds is 4. The molecule has 0 bridgehead atoms. The fourth-order valence-electron chi connectivity index (χ4n) is 1.06. The van der Waals surface area contributed by atoms with Crippen molar-refractivity contribution in [2.24, 2.45) is 0 Å². The van der Waals surface area contributed by atoms with Crippen molar-refractivity contribution in [3.05, 3.63) is 12.7 Å². The lowest BCUT2D eigenvalue weighted by molar-refractivity contribution is 0.0379. The molecular weight excluding hydrogens is 158 g/mol. The molecule has 1 unspecified atom stereocenters. The summed E-state index contributed by atoms with van der Waals surface area (Å²) in [5.41, 5.74) is 3.03. The van der Waals surface area contributed by atoms with Crippen molar-refractivity contribution in [3.8, 4) is 0 Å². The summed E-state index contributed by atoms with van der Waals surface area (Å²) in [5.74, 6) is 2.48. The van der Waals surface area contributed by atoms with E-state index in [1.807, 2.05) is 11.8 Å². The average Bonchev–Trinajstić information content (AvgIpc) is 2.07. The zero-order valence-corrected chi connectivity index (χ0v) is 7.53. The van der Waals surface area contributed by atoms with Gasteiger partial charge in [-0.2, -0.15) is 17.2 Å². The van der Waals surface area contributed by atoms with E-state index in [0.717, 1.165) is 0 Å². The lowest BCUT2D eigenvalue weighted by Gasteiger charge is -2.21. The minimum absolute atomic E-state index is 0.550. The lowest BCUT2D eigenvalue weighted by Crippen LogP contribution is -2.33. The third-order valence-electron chi connectivity index (χ3n) is 1.61. The van der Waals surface area contributed by atoms with Crippen LogP contribution in [-0.4, -0.2) is 24.2 Å². The monoisotopic (exact) mass is 173 g/mol. The molecule has 1 heterocycles. The van der Waals surface area contributed by atoms with Gasteiger partial charge in [-0.1, -0.05) is 6.08 Å². The Bertz CT molecular complexity index is 113. The highest BCUT2D eigenvalue weighted by Gasteiger charge is 2.12. The van der Waals surface area contributed by atoms with Gasteiger partial charge in [-0.3, -0.25) is 4.84 Å². The van der Waals surface area contributed by atoms with E-state index in [4.69, 9.17) is 4.84 Å². The molecule has 0 aliphatic carbocycles. The van der Waals surface area contributed by atoms with Gasteiger partial charge in [0.05, 0.1) is 6.61 Å². The fraction of sp³-hybridized carbons (Fsp3) is 0.750. The standard InChI is InChI=1S/C8H15NOS/c1-2-5-10-9-8-4-3-6-11-7-8/h2,8-9H,1,3-7H2. The summed E-state index contributed by atoms with van der Waals surface area (Å²) in [5, 5.41) is 0. The van der Waals surface area contributed by atoms with Crippen LogP contribution in [0.15, 0.2) is 12.7 Å². The van der Waals surface area contributed by atoms with Gasteiger partial charge in [0.2, 0.25) is 0 Å². The molecule has 1 rings (SSSR count). The lowest BCUT2D eigenvalue weighted by atomic mass is 10.2. The normalized spacial score (nSPS) is 24.9. The summed E-state index contributed by atoms with van der Waals surface area (Å²) < 4.78 is 0. The van der Waals surface area contributed by atoms with Crippen LogP contribution in [0.2, 0.25) is 0 Å². The zero-order valence-electron chi connectivity index (χ0n) is 6.71. The molecule has 0 aromatic rings. The number of hydroxylamine groups is 1. The van der Waals surface area contributed by atoms with Crippen molar-refractivity contribution in [1.82, 2.24) is 5.48 Å². The molecule has 1 fully saturated rings. The molecule has 11 heavy (non-hydrogen) atoms. The first-order chi connectivity index (χ1) is 5.43. The third kappa shape index (κ3) is 3.79. The second-order valence-electron chi connectivity index (χ2n) is 2.63. The summed E-state index contributed by atoms with van der Waals surface area (Å²) in [4.78, 5) is 5.14. The second-order valence-corrected chi connectivity index (χ2v) is 3.78. The Labute approximate surface area is 72.3 Å². The molecular formula is C8H15NOS. The number of nitrogens with one attached hydrogen (secondary N) is 1. The van der Waals surface area contributed by atoms with Crippen molar-refractivity contribution in [1.29, 1.82) is 0 Å². The van der Waals surface area contributed by atoms with E-state index in [1.54, 1.807) is 6.08 Å². The maximum absolute atomic E-state index is 5.14. The van der Waals surface area contributed by atoms with Crippen LogP contribution in [0.1, 0.15) is 12.8 Å². The van der Waals surface area contributed by atoms with Gasteiger partial charge in [0.25, 0.3) is 0 Å². The molecule has 64 valence electrons. The van der Waals surface area contributed by atoms with Crippen LogP contribution in [0.5, 0.6) is 0 Å². The summed E-state index contributed by atoms with van der Waals surface area (Å²) in [6.07, 6.45) is 4.30. The van der Waals surface area contributed by atoms with Crippen LogP contribution in [0, 0.1) is 0 Å². The Morgan fingerprint density at radius 2 is 2.64 bits per heavy atom. The van der Waals surface area contributed by atoms with E-state index < -0.39 is 0 Å². The van der Waals surface area contributed by atoms with Crippen molar-refractivity contribution in [2.75, 3.05) is 18.1 Å². The van der Waals surface area contributed by atoms with E-state index in [2.05, 4.69) is 12.1 Å². The van der Waals surface area contributed by atoms with Crippen LogP contribution < -0.4 is 5.48 Å². The van der Waals surface area contributed by atoms with E-state index in [-0.39, 0.29) is 0 Å². The van der Waals surface area contributed by atoms with Gasteiger partial charge in [-0.15, -0.1) is 6.58 Å². The highest BCUT2D eigenvalue weighted by atomic mass is 32.2. The third-order valence-corrected chi connectivity index (χ3v) is 2.83. The average molecular weight is 173 g/mol. The SMILES string of the molecule is C=CCONC1CCCSC1. The maximum atomic E-state index is 5.14. The first-order valence-corrected chi connectivity index (χ1v) is 5.15. The number of hydrogen-bond donors (Lipinski definition) is 1. The maximum Gasteiger partial charge on any atom is 0.0861 e. The second kappa shape index (κ2) is 5.63. The van der Waals surface area contributed by atoms with E-state index in [9.17, 15) is 0 Å². The molecule has 0 spiro atoms. The highest BCUT2D eigenvalue weighted by molar-refractivity contribution is 7.99. The molecule has 1 N–H and O–H groups in total. The van der Waals surface area contributed by atoms with Gasteiger partial charge in [0.15, 0.2) is 0 Å². The summed E-state index contributed by atoms with van der Waals surface area (Å²) in [6.45, 7) is 4.17. The molecule has 0 radical (unpaired) electrons. The summed E-state index contributed by atoms with van der Waals surface area (Å²) in [7, 11) is 0. The van der Waals surface area contributed by atoms with Crippen LogP contribution in [0.4, 0.5) is 0 Å². The molecule has 2 nitrogen and oxygen atoms in total. The van der Waals surface area contributed by atoms with E-state index in [0.29, 0.717) is 12.6 Å². The zero-order chi connectivity index (χ0) is 7.94. The molecule has 0 amide bonds. The van der Waals surface area contributed by atoms with Gasteiger partial charge in [0.1, 0.15) is 0 Å². The molecule has 1 aliphatic heterocycles. The van der Waals surface area contributed by atoms with Crippen LogP contribution >= 0.6 is 11.8 Å². The molecule has 0 aromatic carbocycles. The Morgan fingerprint density at radius 3 is 3.27 bits per heavy atom. The Morgan fingerprint density at radius 1 is 1.73 bits per heavy atom. The molecule has 1 aliphatic rings. The van der Waals surface area contributed by atoms with Crippen molar-refractivity contribution in [3.63, 3.8) is 0 Å². The molecule has 1 saturated heterocycles. The highest BCUT2D eigenvalue weighted by Crippen LogP contribution is 2.16. The van der Waals surface area contributed by atoms with Crippen molar-refractivity contribution in [2.45, 2.75) is 18.9 Å². The fourth-order valence-corrected chi connectivity index (χ4v) is 2.12. The van der Waals surface area contributed by atoms with Gasteiger partial charge in [-0.05, 0) is 18.6 Å². The largest absolute Gasteiger partial charge is 0.297 e.